The van der Waals surface area contributed by atoms with Crippen molar-refractivity contribution in [2.75, 3.05) is 0 Å². The molecule has 0 N–H and O–H groups in total. The van der Waals surface area contributed by atoms with Crippen molar-refractivity contribution in [1.82, 2.24) is 0 Å². The minimum absolute atomic E-state index is 0.0400. The van der Waals surface area contributed by atoms with E-state index in [1.54, 1.807) is 0 Å². The van der Waals surface area contributed by atoms with E-state index in [0.717, 1.165) is 48.3 Å². The van der Waals surface area contributed by atoms with Gasteiger partial charge in [-0.05, 0) is 48.7 Å². The highest BCUT2D eigenvalue weighted by molar-refractivity contribution is 6.00. The average Bonchev–Trinajstić information content (AvgIpc) is 2.41. The third kappa shape index (κ3) is 4.15. The molecule has 22 heavy (non-hydrogen) atoms. The van der Waals surface area contributed by atoms with E-state index >= 15 is 0 Å². The Kier molecular flexibility index (Phi) is 4.33. The van der Waals surface area contributed by atoms with E-state index in [0.29, 0.717) is 0 Å². The van der Waals surface area contributed by atoms with Crippen LogP contribution in [0.3, 0.4) is 0 Å². The summed E-state index contributed by atoms with van der Waals surface area (Å²) in [5.41, 5.74) is 3.28. The molecule has 4 heteroatoms. The van der Waals surface area contributed by atoms with E-state index in [1.165, 1.54) is 0 Å². The highest BCUT2D eigenvalue weighted by atomic mass is 15.2. The van der Waals surface area contributed by atoms with Crippen LogP contribution in [0.4, 0.5) is 0 Å². The van der Waals surface area contributed by atoms with Crippen molar-refractivity contribution in [1.29, 1.82) is 10.5 Å². The minimum Gasteiger partial charge on any atom is -0.193 e. The first-order valence-electron chi connectivity index (χ1n) is 7.58. The Morgan fingerprint density at radius 1 is 0.773 bits per heavy atom. The van der Waals surface area contributed by atoms with E-state index in [1.807, 2.05) is 12.2 Å². The van der Waals surface area contributed by atoms with Crippen LogP contribution < -0.4 is 0 Å². The molecule has 0 radical (unpaired) electrons. The molecule has 0 amide bonds. The second-order valence-corrected chi connectivity index (χ2v) is 7.78. The molecular weight excluding hydrogens is 272 g/mol. The first-order valence-corrected chi connectivity index (χ1v) is 7.58. The second-order valence-electron chi connectivity index (χ2n) is 7.78. The van der Waals surface area contributed by atoms with E-state index in [9.17, 15) is 0 Å². The largest absolute Gasteiger partial charge is 0.193 e. The second kappa shape index (κ2) is 5.89. The SMILES string of the molecule is CC1(C)CC(C#N)=CC(=NN=C2C=C(C#N)CC(C)(C)C2)C1. The Hall–Kier alpha value is -2.20. The molecule has 4 nitrogen and oxygen atoms in total. The normalized spacial score (nSPS) is 26.8. The van der Waals surface area contributed by atoms with Crippen molar-refractivity contribution >= 4 is 11.4 Å². The van der Waals surface area contributed by atoms with Crippen LogP contribution in [0.2, 0.25) is 0 Å². The van der Waals surface area contributed by atoms with Crippen LogP contribution in [0.5, 0.6) is 0 Å². The molecule has 0 heterocycles. The van der Waals surface area contributed by atoms with Gasteiger partial charge in [-0.15, -0.1) is 0 Å². The molecule has 0 aromatic rings. The Morgan fingerprint density at radius 2 is 1.14 bits per heavy atom. The van der Waals surface area contributed by atoms with Gasteiger partial charge < -0.3 is 0 Å². The van der Waals surface area contributed by atoms with Crippen molar-refractivity contribution in [3.63, 3.8) is 0 Å². The Labute approximate surface area is 132 Å². The molecule has 2 aliphatic rings. The van der Waals surface area contributed by atoms with Crippen molar-refractivity contribution in [3.05, 3.63) is 23.3 Å². The molecule has 2 aliphatic carbocycles. The molecule has 0 spiro atoms. The average molecular weight is 294 g/mol. The summed E-state index contributed by atoms with van der Waals surface area (Å²) in [5, 5.41) is 27.0. The molecule has 0 bridgehead atoms. The van der Waals surface area contributed by atoms with E-state index < -0.39 is 0 Å². The van der Waals surface area contributed by atoms with Crippen molar-refractivity contribution < 1.29 is 0 Å². The first-order chi connectivity index (χ1) is 10.2. The van der Waals surface area contributed by atoms with Crippen molar-refractivity contribution in [3.8, 4) is 12.1 Å². The Bertz CT molecular complexity index is 613. The lowest BCUT2D eigenvalue weighted by atomic mass is 9.76. The summed E-state index contributed by atoms with van der Waals surface area (Å²) in [6.45, 7) is 8.55. The van der Waals surface area contributed by atoms with Crippen LogP contribution >= 0.6 is 0 Å². The van der Waals surface area contributed by atoms with Crippen LogP contribution in [0.15, 0.2) is 33.5 Å². The molecule has 0 saturated carbocycles. The van der Waals surface area contributed by atoms with Gasteiger partial charge >= 0.3 is 0 Å². The lowest BCUT2D eigenvalue weighted by Gasteiger charge is -2.28. The lowest BCUT2D eigenvalue weighted by Crippen LogP contribution is -2.22. The van der Waals surface area contributed by atoms with E-state index in [4.69, 9.17) is 10.5 Å². The highest BCUT2D eigenvalue weighted by Crippen LogP contribution is 2.35. The van der Waals surface area contributed by atoms with Crippen molar-refractivity contribution in [2.45, 2.75) is 53.4 Å². The Morgan fingerprint density at radius 3 is 1.45 bits per heavy atom. The number of nitriles is 2. The molecule has 0 aliphatic heterocycles. The fourth-order valence-electron chi connectivity index (χ4n) is 3.14. The number of hydrogen-bond acceptors (Lipinski definition) is 4. The summed E-state index contributed by atoms with van der Waals surface area (Å²) in [4.78, 5) is 0. The quantitative estimate of drug-likeness (QED) is 0.675. The van der Waals surface area contributed by atoms with Crippen LogP contribution in [-0.2, 0) is 0 Å². The van der Waals surface area contributed by atoms with Gasteiger partial charge in [0.15, 0.2) is 0 Å². The number of rotatable bonds is 1. The molecule has 114 valence electrons. The number of allylic oxidation sites excluding steroid dienone is 4. The zero-order valence-corrected chi connectivity index (χ0v) is 13.8. The molecule has 0 aromatic heterocycles. The molecule has 2 rings (SSSR count). The predicted molar refractivity (Wildman–Crippen MR) is 88.3 cm³/mol. The number of hydrogen-bond donors (Lipinski definition) is 0. The topological polar surface area (TPSA) is 72.3 Å². The summed E-state index contributed by atoms with van der Waals surface area (Å²) in [5.74, 6) is 0. The van der Waals surface area contributed by atoms with Gasteiger partial charge in [0.25, 0.3) is 0 Å². The van der Waals surface area contributed by atoms with Gasteiger partial charge in [0.05, 0.1) is 23.6 Å². The van der Waals surface area contributed by atoms with Crippen LogP contribution in [0, 0.1) is 33.5 Å². The summed E-state index contributed by atoms with van der Waals surface area (Å²) < 4.78 is 0. The monoisotopic (exact) mass is 294 g/mol. The predicted octanol–water partition coefficient (Wildman–Crippen LogP) is 4.32. The maximum Gasteiger partial charge on any atom is 0.0947 e. The zero-order valence-electron chi connectivity index (χ0n) is 13.8. The molecule has 0 aromatic carbocycles. The fourth-order valence-corrected chi connectivity index (χ4v) is 3.14. The standard InChI is InChI=1S/C18H22N4/c1-17(2)7-13(11-19)5-15(9-17)21-22-16-6-14(12-20)8-18(3,4)10-16/h5-6H,7-10H2,1-4H3. The third-order valence-electron chi connectivity index (χ3n) is 3.93. The van der Waals surface area contributed by atoms with Gasteiger partial charge in [-0.2, -0.15) is 20.7 Å². The highest BCUT2D eigenvalue weighted by Gasteiger charge is 2.28. The molecule has 0 atom stereocenters. The smallest absolute Gasteiger partial charge is 0.0947 e. The van der Waals surface area contributed by atoms with Crippen molar-refractivity contribution in [2.24, 2.45) is 21.0 Å². The van der Waals surface area contributed by atoms with Gasteiger partial charge in [0, 0.05) is 11.1 Å². The minimum atomic E-state index is 0.0400. The molecule has 0 saturated heterocycles. The van der Waals surface area contributed by atoms with E-state index in [2.05, 4.69) is 50.0 Å². The summed E-state index contributed by atoms with van der Waals surface area (Å²) in [7, 11) is 0. The molecule has 0 unspecified atom stereocenters. The van der Waals surface area contributed by atoms with Gasteiger partial charge in [-0.3, -0.25) is 0 Å². The van der Waals surface area contributed by atoms with Gasteiger partial charge in [-0.1, -0.05) is 27.7 Å². The van der Waals surface area contributed by atoms with Gasteiger partial charge in [0.1, 0.15) is 0 Å². The van der Waals surface area contributed by atoms with Crippen LogP contribution in [0.25, 0.3) is 0 Å². The van der Waals surface area contributed by atoms with Gasteiger partial charge in [0.2, 0.25) is 0 Å². The summed E-state index contributed by atoms with van der Waals surface area (Å²) in [6.07, 6.45) is 6.88. The first kappa shape index (κ1) is 16.2. The summed E-state index contributed by atoms with van der Waals surface area (Å²) >= 11 is 0. The molecule has 0 fully saturated rings. The zero-order chi connectivity index (χ0) is 16.4. The van der Waals surface area contributed by atoms with Crippen LogP contribution in [-0.4, -0.2) is 11.4 Å². The maximum absolute atomic E-state index is 9.14. The molecular formula is C18H22N4. The van der Waals surface area contributed by atoms with E-state index in [-0.39, 0.29) is 10.8 Å². The fraction of sp³-hybridized carbons (Fsp3) is 0.556. The Balaban J connectivity index is 2.30. The van der Waals surface area contributed by atoms with Gasteiger partial charge in [-0.25, -0.2) is 0 Å². The lowest BCUT2D eigenvalue weighted by molar-refractivity contribution is 0.375. The summed E-state index contributed by atoms with van der Waals surface area (Å²) in [6, 6.07) is 4.47. The third-order valence-corrected chi connectivity index (χ3v) is 3.93. The maximum atomic E-state index is 9.14. The number of nitrogens with zero attached hydrogens (tertiary/aromatic N) is 4. The van der Waals surface area contributed by atoms with Crippen LogP contribution in [0.1, 0.15) is 53.4 Å².